The van der Waals surface area contributed by atoms with Gasteiger partial charge in [-0.25, -0.2) is 0 Å². The largest absolute Gasteiger partial charge is 0.504 e. The lowest BCUT2D eigenvalue weighted by Crippen LogP contribution is -2.30. The van der Waals surface area contributed by atoms with Gasteiger partial charge in [0.2, 0.25) is 0 Å². The quantitative estimate of drug-likeness (QED) is 0.853. The second-order valence-corrected chi connectivity index (χ2v) is 6.40. The van der Waals surface area contributed by atoms with E-state index in [0.29, 0.717) is 18.3 Å². The molecular weight excluding hydrogens is 302 g/mol. The number of phenols is 1. The summed E-state index contributed by atoms with van der Waals surface area (Å²) in [6, 6.07) is 15.7. The van der Waals surface area contributed by atoms with E-state index in [1.807, 2.05) is 42.5 Å². The molecule has 4 heteroatoms. The van der Waals surface area contributed by atoms with Crippen molar-refractivity contribution in [3.63, 3.8) is 0 Å². The van der Waals surface area contributed by atoms with E-state index in [9.17, 15) is 10.2 Å². The number of aromatic hydroxyl groups is 1. The van der Waals surface area contributed by atoms with Crippen LogP contribution >= 0.6 is 0 Å². The number of rotatable bonds is 6. The second-order valence-electron chi connectivity index (χ2n) is 6.40. The Labute approximate surface area is 143 Å². The van der Waals surface area contributed by atoms with Crippen molar-refractivity contribution < 1.29 is 14.9 Å². The van der Waals surface area contributed by atoms with Gasteiger partial charge in [-0.15, -0.1) is 0 Å². The van der Waals surface area contributed by atoms with Gasteiger partial charge < -0.3 is 14.9 Å². The maximum Gasteiger partial charge on any atom is 0.162 e. The molecule has 0 radical (unpaired) electrons. The first kappa shape index (κ1) is 16.8. The lowest BCUT2D eigenvalue weighted by molar-refractivity contribution is 0.117. The highest BCUT2D eigenvalue weighted by atomic mass is 16.5. The summed E-state index contributed by atoms with van der Waals surface area (Å²) in [6.07, 6.45) is 2.47. The number of nitrogens with zero attached hydrogens (tertiary/aromatic N) is 1. The summed E-state index contributed by atoms with van der Waals surface area (Å²) in [5.74, 6) is 0.724. The van der Waals surface area contributed by atoms with Crippen LogP contribution in [0.5, 0.6) is 11.5 Å². The van der Waals surface area contributed by atoms with Crippen LogP contribution in [0.3, 0.4) is 0 Å². The van der Waals surface area contributed by atoms with Gasteiger partial charge in [-0.3, -0.25) is 4.90 Å². The smallest absolute Gasteiger partial charge is 0.162 e. The number of aliphatic hydroxyl groups excluding tert-OH is 1. The van der Waals surface area contributed by atoms with E-state index in [1.165, 1.54) is 0 Å². The van der Waals surface area contributed by atoms with Gasteiger partial charge >= 0.3 is 0 Å². The van der Waals surface area contributed by atoms with Crippen LogP contribution in [-0.4, -0.2) is 34.8 Å². The molecular formula is C20H25NO3. The predicted molar refractivity (Wildman–Crippen MR) is 94.1 cm³/mol. The van der Waals surface area contributed by atoms with Crippen molar-refractivity contribution in [3.8, 4) is 11.5 Å². The molecule has 0 spiro atoms. The number of likely N-dealkylation sites (tertiary alicyclic amines) is 1. The molecule has 0 bridgehead atoms. The summed E-state index contributed by atoms with van der Waals surface area (Å²) in [5, 5.41) is 20.8. The Balaban J connectivity index is 1.68. The zero-order valence-electron chi connectivity index (χ0n) is 14.1. The van der Waals surface area contributed by atoms with Gasteiger partial charge in [0.05, 0.1) is 13.2 Å². The van der Waals surface area contributed by atoms with Gasteiger partial charge in [0, 0.05) is 18.2 Å². The van der Waals surface area contributed by atoms with Crippen molar-refractivity contribution in [1.29, 1.82) is 0 Å². The van der Waals surface area contributed by atoms with Gasteiger partial charge in [-0.2, -0.15) is 0 Å². The molecule has 24 heavy (non-hydrogen) atoms. The maximum absolute atomic E-state index is 10.5. The first-order valence-corrected chi connectivity index (χ1v) is 8.51. The number of hydrogen-bond donors (Lipinski definition) is 2. The fourth-order valence-corrected chi connectivity index (χ4v) is 3.52. The van der Waals surface area contributed by atoms with Crippen molar-refractivity contribution in [1.82, 2.24) is 4.90 Å². The predicted octanol–water partition coefficient (Wildman–Crippen LogP) is 3.49. The Morgan fingerprint density at radius 3 is 2.71 bits per heavy atom. The van der Waals surface area contributed by atoms with Crippen molar-refractivity contribution in [2.24, 2.45) is 0 Å². The van der Waals surface area contributed by atoms with E-state index in [0.717, 1.165) is 36.9 Å². The van der Waals surface area contributed by atoms with Gasteiger partial charge in [0.15, 0.2) is 11.5 Å². The van der Waals surface area contributed by atoms with Gasteiger partial charge in [-0.05, 0) is 37.4 Å². The van der Waals surface area contributed by atoms with Crippen LogP contribution in [0.4, 0.5) is 0 Å². The number of para-hydroxylation sites is 1. The van der Waals surface area contributed by atoms with Gasteiger partial charge in [0.25, 0.3) is 0 Å². The van der Waals surface area contributed by atoms with Crippen LogP contribution < -0.4 is 4.74 Å². The number of hydrogen-bond acceptors (Lipinski definition) is 4. The zero-order chi connectivity index (χ0) is 16.9. The van der Waals surface area contributed by atoms with Crippen LogP contribution in [0, 0.1) is 0 Å². The average Bonchev–Trinajstić information content (AvgIpc) is 3.04. The molecule has 1 heterocycles. The Hall–Kier alpha value is -2.04. The number of phenolic OH excluding ortho intramolecular Hbond substituents is 1. The minimum Gasteiger partial charge on any atom is -0.504 e. The van der Waals surface area contributed by atoms with E-state index in [1.54, 1.807) is 13.2 Å². The topological polar surface area (TPSA) is 52.9 Å². The summed E-state index contributed by atoms with van der Waals surface area (Å²) < 4.78 is 5.19. The average molecular weight is 327 g/mol. The van der Waals surface area contributed by atoms with E-state index in [4.69, 9.17) is 4.74 Å². The fourth-order valence-electron chi connectivity index (χ4n) is 3.52. The van der Waals surface area contributed by atoms with Crippen LogP contribution in [-0.2, 0) is 6.54 Å². The minimum atomic E-state index is -0.448. The molecule has 1 aliphatic rings. The van der Waals surface area contributed by atoms with E-state index >= 15 is 0 Å². The summed E-state index contributed by atoms with van der Waals surface area (Å²) in [7, 11) is 1.56. The van der Waals surface area contributed by atoms with Crippen molar-refractivity contribution >= 4 is 0 Å². The third-order valence-corrected chi connectivity index (χ3v) is 4.85. The van der Waals surface area contributed by atoms with Crippen molar-refractivity contribution in [3.05, 3.63) is 59.7 Å². The number of methoxy groups -OCH3 is 1. The lowest BCUT2D eigenvalue weighted by atomic mass is 10.00. The summed E-state index contributed by atoms with van der Waals surface area (Å²) >= 11 is 0. The maximum atomic E-state index is 10.5. The molecule has 1 saturated heterocycles. The molecule has 128 valence electrons. The third kappa shape index (κ3) is 3.71. The summed E-state index contributed by atoms with van der Waals surface area (Å²) in [4.78, 5) is 2.35. The van der Waals surface area contributed by atoms with E-state index < -0.39 is 6.10 Å². The highest BCUT2D eigenvalue weighted by molar-refractivity contribution is 5.45. The first-order chi connectivity index (χ1) is 11.7. The molecule has 4 nitrogen and oxygen atoms in total. The van der Waals surface area contributed by atoms with E-state index in [2.05, 4.69) is 4.90 Å². The zero-order valence-corrected chi connectivity index (χ0v) is 14.1. The highest BCUT2D eigenvalue weighted by Gasteiger charge is 2.28. The molecule has 2 aromatic rings. The van der Waals surface area contributed by atoms with Gasteiger partial charge in [0.1, 0.15) is 0 Å². The molecule has 0 saturated carbocycles. The molecule has 1 fully saturated rings. The number of benzene rings is 2. The molecule has 1 aliphatic heterocycles. The number of aliphatic hydroxyl groups is 1. The SMILES string of the molecule is COc1cccc(CN2CCCC2CC(O)c2ccccc2)c1O. The van der Waals surface area contributed by atoms with Crippen LogP contribution in [0.15, 0.2) is 48.5 Å². The monoisotopic (exact) mass is 327 g/mol. The first-order valence-electron chi connectivity index (χ1n) is 8.51. The van der Waals surface area contributed by atoms with Crippen LogP contribution in [0.25, 0.3) is 0 Å². The highest BCUT2D eigenvalue weighted by Crippen LogP contribution is 2.33. The van der Waals surface area contributed by atoms with Crippen LogP contribution in [0.1, 0.15) is 36.5 Å². The fraction of sp³-hybridized carbons (Fsp3) is 0.400. The standard InChI is InChI=1S/C20H25NO3/c1-24-19-11-5-9-16(20(19)23)14-21-12-6-10-17(21)13-18(22)15-7-3-2-4-8-15/h2-5,7-9,11,17-18,22-23H,6,10,12-14H2,1H3. The molecule has 3 rings (SSSR count). The molecule has 2 aromatic carbocycles. The molecule has 2 atom stereocenters. The lowest BCUT2D eigenvalue weighted by Gasteiger charge is -2.27. The second kappa shape index (κ2) is 7.69. The normalized spacial score (nSPS) is 19.3. The van der Waals surface area contributed by atoms with E-state index in [-0.39, 0.29) is 5.75 Å². The molecule has 0 aromatic heterocycles. The van der Waals surface area contributed by atoms with Crippen molar-refractivity contribution in [2.75, 3.05) is 13.7 Å². The Bertz CT molecular complexity index is 659. The molecule has 0 aliphatic carbocycles. The molecule has 2 N–H and O–H groups in total. The number of ether oxygens (including phenoxy) is 1. The third-order valence-electron chi connectivity index (χ3n) is 4.85. The molecule has 2 unspecified atom stereocenters. The Morgan fingerprint density at radius 2 is 1.96 bits per heavy atom. The Morgan fingerprint density at radius 1 is 1.17 bits per heavy atom. The van der Waals surface area contributed by atoms with Crippen molar-refractivity contribution in [2.45, 2.75) is 38.0 Å². The summed E-state index contributed by atoms with van der Waals surface area (Å²) in [6.45, 7) is 1.66. The van der Waals surface area contributed by atoms with Gasteiger partial charge in [-0.1, -0.05) is 42.5 Å². The molecule has 0 amide bonds. The Kier molecular flexibility index (Phi) is 5.38. The summed E-state index contributed by atoms with van der Waals surface area (Å²) in [5.41, 5.74) is 1.84. The van der Waals surface area contributed by atoms with Crippen LogP contribution in [0.2, 0.25) is 0 Å². The minimum absolute atomic E-state index is 0.217.